The van der Waals surface area contributed by atoms with E-state index in [1.54, 1.807) is 0 Å². The number of hydrogen-bond acceptors (Lipinski definition) is 2. The second-order valence-electron chi connectivity index (χ2n) is 3.60. The summed E-state index contributed by atoms with van der Waals surface area (Å²) < 4.78 is 1.81. The maximum Gasteiger partial charge on any atom is 0.107 e. The topological polar surface area (TPSA) is 16.1 Å². The number of nitrogens with zero attached hydrogens (tertiary/aromatic N) is 2. The largest absolute Gasteiger partial charge is 0.299 e. The van der Waals surface area contributed by atoms with Gasteiger partial charge in [0.1, 0.15) is 9.21 Å². The van der Waals surface area contributed by atoms with E-state index in [1.807, 2.05) is 0 Å². The van der Waals surface area contributed by atoms with Gasteiger partial charge in [0, 0.05) is 6.54 Å². The van der Waals surface area contributed by atoms with E-state index >= 15 is 0 Å². The molecule has 0 aromatic carbocycles. The average molecular weight is 320 g/mol. The van der Waals surface area contributed by atoms with Gasteiger partial charge >= 0.3 is 0 Å². The zero-order valence-electron chi connectivity index (χ0n) is 7.84. The summed E-state index contributed by atoms with van der Waals surface area (Å²) in [4.78, 5) is 6.70. The fourth-order valence-electron chi connectivity index (χ4n) is 1.80. The van der Waals surface area contributed by atoms with Crippen molar-refractivity contribution in [3.8, 4) is 0 Å². The minimum atomic E-state index is 0.904. The van der Waals surface area contributed by atoms with Crippen LogP contribution in [0.2, 0.25) is 0 Å². The fraction of sp³-hybridized carbons (Fsp3) is 0.500. The molecule has 0 bridgehead atoms. The maximum atomic E-state index is 4.22. The Hall–Kier alpha value is 0.0700. The molecule has 0 spiro atoms. The van der Waals surface area contributed by atoms with Crippen molar-refractivity contribution in [1.82, 2.24) is 9.88 Å². The Morgan fingerprint density at radius 3 is 2.29 bits per heavy atom. The minimum Gasteiger partial charge on any atom is -0.299 e. The first-order valence-electron chi connectivity index (χ1n) is 4.78. The highest BCUT2D eigenvalue weighted by molar-refractivity contribution is 9.11. The molecule has 0 atom stereocenters. The van der Waals surface area contributed by atoms with Crippen LogP contribution in [0.1, 0.15) is 18.4 Å². The average Bonchev–Trinajstić information content (AvgIpc) is 2.54. The standard InChI is InChI=1S/C10H12Br2N2/c11-9-5-8(6-10(12)13-9)7-14-3-1-2-4-14/h5-6H,1-4,7H2. The predicted octanol–water partition coefficient (Wildman–Crippen LogP) is 3.20. The molecule has 1 saturated heterocycles. The molecule has 1 aromatic heterocycles. The highest BCUT2D eigenvalue weighted by Crippen LogP contribution is 2.19. The smallest absolute Gasteiger partial charge is 0.107 e. The molecule has 0 aliphatic carbocycles. The van der Waals surface area contributed by atoms with Crippen molar-refractivity contribution in [2.24, 2.45) is 0 Å². The van der Waals surface area contributed by atoms with Gasteiger partial charge in [0.05, 0.1) is 0 Å². The SMILES string of the molecule is Brc1cc(CN2CCCC2)cc(Br)n1. The Balaban J connectivity index is 2.07. The number of hydrogen-bond donors (Lipinski definition) is 0. The van der Waals surface area contributed by atoms with Crippen LogP contribution in [0.3, 0.4) is 0 Å². The number of halogens is 2. The molecule has 0 radical (unpaired) electrons. The summed E-state index contributed by atoms with van der Waals surface area (Å²) in [5, 5.41) is 0. The molecule has 1 aliphatic heterocycles. The molecular weight excluding hydrogens is 308 g/mol. The third kappa shape index (κ3) is 2.78. The van der Waals surface area contributed by atoms with Crippen LogP contribution in [-0.4, -0.2) is 23.0 Å². The lowest BCUT2D eigenvalue weighted by molar-refractivity contribution is 0.331. The van der Waals surface area contributed by atoms with E-state index in [4.69, 9.17) is 0 Å². The van der Waals surface area contributed by atoms with Crippen molar-refractivity contribution >= 4 is 31.9 Å². The number of likely N-dealkylation sites (tertiary alicyclic amines) is 1. The molecular formula is C10H12Br2N2. The van der Waals surface area contributed by atoms with Gasteiger partial charge < -0.3 is 0 Å². The van der Waals surface area contributed by atoms with Crippen LogP contribution in [0.25, 0.3) is 0 Å². The first-order valence-corrected chi connectivity index (χ1v) is 6.37. The third-order valence-corrected chi connectivity index (χ3v) is 3.24. The van der Waals surface area contributed by atoms with Crippen molar-refractivity contribution in [1.29, 1.82) is 0 Å². The monoisotopic (exact) mass is 318 g/mol. The van der Waals surface area contributed by atoms with Crippen LogP contribution < -0.4 is 0 Å². The van der Waals surface area contributed by atoms with Gasteiger partial charge in [-0.3, -0.25) is 4.90 Å². The first kappa shape index (κ1) is 10.6. The second kappa shape index (κ2) is 4.73. The summed E-state index contributed by atoms with van der Waals surface area (Å²) in [6.07, 6.45) is 2.68. The molecule has 2 rings (SSSR count). The third-order valence-electron chi connectivity index (χ3n) is 2.43. The highest BCUT2D eigenvalue weighted by Gasteiger charge is 2.12. The van der Waals surface area contributed by atoms with Crippen LogP contribution in [0.5, 0.6) is 0 Å². The summed E-state index contributed by atoms with van der Waals surface area (Å²) in [7, 11) is 0. The van der Waals surface area contributed by atoms with Gasteiger partial charge in [-0.1, -0.05) is 0 Å². The minimum absolute atomic E-state index is 0.904. The van der Waals surface area contributed by atoms with Gasteiger partial charge in [0.25, 0.3) is 0 Å². The van der Waals surface area contributed by atoms with Crippen molar-refractivity contribution in [3.05, 3.63) is 26.9 Å². The van der Waals surface area contributed by atoms with Gasteiger partial charge in [-0.05, 0) is 75.5 Å². The molecule has 76 valence electrons. The molecule has 2 heterocycles. The highest BCUT2D eigenvalue weighted by atomic mass is 79.9. The van der Waals surface area contributed by atoms with Gasteiger partial charge in [0.15, 0.2) is 0 Å². The predicted molar refractivity (Wildman–Crippen MR) is 64.1 cm³/mol. The summed E-state index contributed by atoms with van der Waals surface area (Å²) >= 11 is 6.81. The van der Waals surface area contributed by atoms with E-state index in [1.165, 1.54) is 31.5 Å². The van der Waals surface area contributed by atoms with Gasteiger partial charge in [-0.2, -0.15) is 0 Å². The molecule has 1 aromatic rings. The lowest BCUT2D eigenvalue weighted by atomic mass is 10.2. The van der Waals surface area contributed by atoms with E-state index < -0.39 is 0 Å². The molecule has 2 nitrogen and oxygen atoms in total. The molecule has 14 heavy (non-hydrogen) atoms. The van der Waals surface area contributed by atoms with Crippen LogP contribution in [0.15, 0.2) is 21.3 Å². The molecule has 0 amide bonds. The molecule has 0 unspecified atom stereocenters. The maximum absolute atomic E-state index is 4.22. The fourth-order valence-corrected chi connectivity index (χ4v) is 3.01. The Labute approximate surface area is 101 Å². The normalized spacial score (nSPS) is 17.6. The number of aromatic nitrogens is 1. The van der Waals surface area contributed by atoms with E-state index in [9.17, 15) is 0 Å². The summed E-state index contributed by atoms with van der Waals surface area (Å²) in [5.41, 5.74) is 1.32. The Morgan fingerprint density at radius 2 is 1.71 bits per heavy atom. The van der Waals surface area contributed by atoms with Crippen LogP contribution in [0.4, 0.5) is 0 Å². The Morgan fingerprint density at radius 1 is 1.14 bits per heavy atom. The zero-order chi connectivity index (χ0) is 9.97. The molecule has 0 N–H and O–H groups in total. The van der Waals surface area contributed by atoms with Gasteiger partial charge in [0.2, 0.25) is 0 Å². The van der Waals surface area contributed by atoms with Crippen molar-refractivity contribution < 1.29 is 0 Å². The van der Waals surface area contributed by atoms with E-state index in [2.05, 4.69) is 53.9 Å². The van der Waals surface area contributed by atoms with Crippen LogP contribution >= 0.6 is 31.9 Å². The molecule has 0 saturated carbocycles. The number of pyridine rings is 1. The summed E-state index contributed by atoms with van der Waals surface area (Å²) in [6.45, 7) is 3.51. The lowest BCUT2D eigenvalue weighted by Gasteiger charge is -2.14. The summed E-state index contributed by atoms with van der Waals surface area (Å²) in [6, 6.07) is 4.17. The van der Waals surface area contributed by atoms with E-state index in [0.29, 0.717) is 0 Å². The van der Waals surface area contributed by atoms with Crippen LogP contribution in [0, 0.1) is 0 Å². The van der Waals surface area contributed by atoms with Crippen molar-refractivity contribution in [2.75, 3.05) is 13.1 Å². The molecule has 1 aliphatic rings. The van der Waals surface area contributed by atoms with Crippen molar-refractivity contribution in [3.63, 3.8) is 0 Å². The van der Waals surface area contributed by atoms with Crippen LogP contribution in [-0.2, 0) is 6.54 Å². The quantitative estimate of drug-likeness (QED) is 0.778. The number of rotatable bonds is 2. The van der Waals surface area contributed by atoms with E-state index in [0.717, 1.165) is 15.8 Å². The van der Waals surface area contributed by atoms with E-state index in [-0.39, 0.29) is 0 Å². The molecule has 4 heteroatoms. The Kier molecular flexibility index (Phi) is 3.57. The van der Waals surface area contributed by atoms with Gasteiger partial charge in [-0.15, -0.1) is 0 Å². The van der Waals surface area contributed by atoms with Gasteiger partial charge in [-0.25, -0.2) is 4.98 Å². The summed E-state index contributed by atoms with van der Waals surface area (Å²) in [5.74, 6) is 0. The lowest BCUT2D eigenvalue weighted by Crippen LogP contribution is -2.18. The molecule has 1 fully saturated rings. The first-order chi connectivity index (χ1) is 6.74. The Bertz CT molecular complexity index is 302. The zero-order valence-corrected chi connectivity index (χ0v) is 11.0. The second-order valence-corrected chi connectivity index (χ2v) is 5.23. The van der Waals surface area contributed by atoms with Crippen molar-refractivity contribution in [2.45, 2.75) is 19.4 Å².